The van der Waals surface area contributed by atoms with E-state index in [1.54, 1.807) is 19.2 Å². The number of amides is 1. The second-order valence-electron chi connectivity index (χ2n) is 6.89. The Hall–Kier alpha value is -4.43. The number of rotatable bonds is 7. The summed E-state index contributed by atoms with van der Waals surface area (Å²) in [7, 11) is 3.04. The minimum Gasteiger partial charge on any atom is -0.497 e. The predicted octanol–water partition coefficient (Wildman–Crippen LogP) is 3.87. The monoisotopic (exact) mass is 430 g/mol. The van der Waals surface area contributed by atoms with Gasteiger partial charge in [0.1, 0.15) is 17.6 Å². The van der Waals surface area contributed by atoms with Gasteiger partial charge in [-0.25, -0.2) is 0 Å². The smallest absolute Gasteiger partial charge is 0.263 e. The van der Waals surface area contributed by atoms with Gasteiger partial charge in [0.25, 0.3) is 5.91 Å². The van der Waals surface area contributed by atoms with Gasteiger partial charge >= 0.3 is 0 Å². The highest BCUT2D eigenvalue weighted by molar-refractivity contribution is 5.93. The van der Waals surface area contributed by atoms with Crippen molar-refractivity contribution in [1.29, 1.82) is 10.5 Å². The van der Waals surface area contributed by atoms with Crippen LogP contribution >= 0.6 is 0 Å². The van der Waals surface area contributed by atoms with Crippen LogP contribution < -0.4 is 19.5 Å². The number of methoxy groups -OCH3 is 2. The van der Waals surface area contributed by atoms with E-state index in [4.69, 9.17) is 19.5 Å². The van der Waals surface area contributed by atoms with Crippen LogP contribution in [0.25, 0.3) is 5.69 Å². The number of nitriles is 2. The average molecular weight is 430 g/mol. The van der Waals surface area contributed by atoms with Gasteiger partial charge in [-0.05, 0) is 55.8 Å². The van der Waals surface area contributed by atoms with Gasteiger partial charge in [-0.2, -0.15) is 10.5 Å². The highest BCUT2D eigenvalue weighted by Gasteiger charge is 2.21. The lowest BCUT2D eigenvalue weighted by Gasteiger charge is -2.14. The summed E-state index contributed by atoms with van der Waals surface area (Å²) in [5, 5.41) is 21.5. The Morgan fingerprint density at radius 1 is 1.00 bits per heavy atom. The molecule has 0 aliphatic heterocycles. The first kappa shape index (κ1) is 22.3. The molecule has 162 valence electrons. The van der Waals surface area contributed by atoms with E-state index in [9.17, 15) is 10.1 Å². The van der Waals surface area contributed by atoms with E-state index >= 15 is 0 Å². The molecule has 1 aromatic heterocycles. The predicted molar refractivity (Wildman–Crippen MR) is 118 cm³/mol. The number of ether oxygens (including phenoxy) is 3. The van der Waals surface area contributed by atoms with Gasteiger partial charge in [0.2, 0.25) is 0 Å². The third-order valence-corrected chi connectivity index (χ3v) is 5.07. The molecule has 0 bridgehead atoms. The molecule has 0 aliphatic carbocycles. The Bertz CT molecular complexity index is 1230. The van der Waals surface area contributed by atoms with E-state index in [0.29, 0.717) is 34.2 Å². The Labute approximate surface area is 186 Å². The van der Waals surface area contributed by atoms with Crippen molar-refractivity contribution in [2.75, 3.05) is 26.1 Å². The molecule has 32 heavy (non-hydrogen) atoms. The first-order chi connectivity index (χ1) is 15.4. The number of nitrogens with one attached hydrogen (secondary N) is 1. The summed E-state index contributed by atoms with van der Waals surface area (Å²) in [6.07, 6.45) is 0. The quantitative estimate of drug-likeness (QED) is 0.609. The fourth-order valence-electron chi connectivity index (χ4n) is 3.28. The van der Waals surface area contributed by atoms with Crippen molar-refractivity contribution in [1.82, 2.24) is 4.57 Å². The van der Waals surface area contributed by atoms with Crippen LogP contribution in [0.15, 0.2) is 42.5 Å². The van der Waals surface area contributed by atoms with Crippen LogP contribution in [0, 0.1) is 36.5 Å². The average Bonchev–Trinajstić information content (AvgIpc) is 3.06. The normalized spacial score (nSPS) is 10.1. The molecule has 0 spiro atoms. The number of benzene rings is 2. The molecule has 8 nitrogen and oxygen atoms in total. The third-order valence-electron chi connectivity index (χ3n) is 5.07. The van der Waals surface area contributed by atoms with Crippen LogP contribution in [0.2, 0.25) is 0 Å². The molecule has 3 rings (SSSR count). The number of hydrogen-bond donors (Lipinski definition) is 1. The molecule has 0 aliphatic rings. The Morgan fingerprint density at radius 2 is 1.72 bits per heavy atom. The molecule has 2 aromatic carbocycles. The fourth-order valence-corrected chi connectivity index (χ4v) is 3.28. The van der Waals surface area contributed by atoms with Crippen molar-refractivity contribution in [3.05, 3.63) is 64.8 Å². The van der Waals surface area contributed by atoms with E-state index in [1.165, 1.54) is 13.2 Å². The number of carbonyl (C=O) groups excluding carboxylic acids is 1. The van der Waals surface area contributed by atoms with Crippen LogP contribution in [-0.4, -0.2) is 31.3 Å². The van der Waals surface area contributed by atoms with E-state index < -0.39 is 5.91 Å². The highest BCUT2D eigenvalue weighted by atomic mass is 16.5. The largest absolute Gasteiger partial charge is 0.497 e. The first-order valence-electron chi connectivity index (χ1n) is 9.70. The van der Waals surface area contributed by atoms with Crippen LogP contribution in [0.3, 0.4) is 0 Å². The molecule has 0 radical (unpaired) electrons. The zero-order valence-electron chi connectivity index (χ0n) is 18.2. The van der Waals surface area contributed by atoms with Crippen molar-refractivity contribution in [2.24, 2.45) is 0 Å². The van der Waals surface area contributed by atoms with Crippen LogP contribution in [0.5, 0.6) is 17.2 Å². The summed E-state index contributed by atoms with van der Waals surface area (Å²) in [6.45, 7) is 3.41. The number of carbonyl (C=O) groups is 1. The second-order valence-corrected chi connectivity index (χ2v) is 6.89. The molecule has 0 saturated heterocycles. The maximum absolute atomic E-state index is 12.7. The molecule has 0 fully saturated rings. The Morgan fingerprint density at radius 3 is 2.31 bits per heavy atom. The molecular formula is C24H22N4O4. The molecule has 1 amide bonds. The van der Waals surface area contributed by atoms with Crippen molar-refractivity contribution in [3.8, 4) is 35.1 Å². The maximum atomic E-state index is 12.7. The van der Waals surface area contributed by atoms with Crippen LogP contribution in [-0.2, 0) is 4.79 Å². The second kappa shape index (κ2) is 9.59. The first-order valence-corrected chi connectivity index (χ1v) is 9.70. The third kappa shape index (κ3) is 4.35. The zero-order chi connectivity index (χ0) is 23.3. The summed E-state index contributed by atoms with van der Waals surface area (Å²) < 4.78 is 17.8. The van der Waals surface area contributed by atoms with Gasteiger partial charge in [0.15, 0.2) is 18.1 Å². The van der Waals surface area contributed by atoms with Gasteiger partial charge in [0, 0.05) is 17.4 Å². The molecule has 0 unspecified atom stereocenters. The van der Waals surface area contributed by atoms with Gasteiger partial charge in [-0.15, -0.1) is 0 Å². The molecule has 0 saturated carbocycles. The van der Waals surface area contributed by atoms with Crippen molar-refractivity contribution in [2.45, 2.75) is 13.8 Å². The summed E-state index contributed by atoms with van der Waals surface area (Å²) in [6, 6.07) is 16.2. The molecule has 1 N–H and O–H groups in total. The topological polar surface area (TPSA) is 109 Å². The highest BCUT2D eigenvalue weighted by Crippen LogP contribution is 2.31. The molecule has 1 heterocycles. The van der Waals surface area contributed by atoms with Crippen LogP contribution in [0.1, 0.15) is 22.4 Å². The standard InChI is InChI=1S/C24H22N4O4/c1-15-16(2)28(18-6-8-19(30-3)9-7-18)24(20(15)13-26)27-23(29)14-32-21-10-5-17(12-25)11-22(21)31-4/h5-11H,14H2,1-4H3,(H,27,29). The summed E-state index contributed by atoms with van der Waals surface area (Å²) >= 11 is 0. The van der Waals surface area contributed by atoms with Crippen molar-refractivity contribution >= 4 is 11.7 Å². The zero-order valence-corrected chi connectivity index (χ0v) is 18.2. The molecule has 0 atom stereocenters. The molecular weight excluding hydrogens is 408 g/mol. The number of nitrogens with zero attached hydrogens (tertiary/aromatic N) is 3. The maximum Gasteiger partial charge on any atom is 0.263 e. The van der Waals surface area contributed by atoms with Crippen molar-refractivity contribution in [3.63, 3.8) is 0 Å². The lowest BCUT2D eigenvalue weighted by molar-refractivity contribution is -0.118. The summed E-state index contributed by atoms with van der Waals surface area (Å²) in [5.41, 5.74) is 3.17. The minimum atomic E-state index is -0.444. The summed E-state index contributed by atoms with van der Waals surface area (Å²) in [4.78, 5) is 12.7. The number of hydrogen-bond acceptors (Lipinski definition) is 6. The Balaban J connectivity index is 1.87. The van der Waals surface area contributed by atoms with Gasteiger partial charge < -0.3 is 19.5 Å². The SMILES string of the molecule is COc1ccc(-n2c(C)c(C)c(C#N)c2NC(=O)COc2ccc(C#N)cc2OC)cc1. The number of aromatic nitrogens is 1. The van der Waals surface area contributed by atoms with Crippen molar-refractivity contribution < 1.29 is 19.0 Å². The lowest BCUT2D eigenvalue weighted by atomic mass is 10.2. The van der Waals surface area contributed by atoms with E-state index in [1.807, 2.05) is 48.7 Å². The minimum absolute atomic E-state index is 0.307. The molecule has 3 aromatic rings. The Kier molecular flexibility index (Phi) is 6.67. The van der Waals surface area contributed by atoms with E-state index in [2.05, 4.69) is 11.4 Å². The summed E-state index contributed by atoms with van der Waals surface area (Å²) in [5.74, 6) is 1.31. The van der Waals surface area contributed by atoms with Gasteiger partial charge in [-0.1, -0.05) is 0 Å². The molecule has 8 heteroatoms. The van der Waals surface area contributed by atoms with E-state index in [0.717, 1.165) is 16.9 Å². The van der Waals surface area contributed by atoms with Gasteiger partial charge in [0.05, 0.1) is 31.4 Å². The van der Waals surface area contributed by atoms with E-state index in [-0.39, 0.29) is 6.61 Å². The lowest BCUT2D eigenvalue weighted by Crippen LogP contribution is -2.22. The van der Waals surface area contributed by atoms with Crippen LogP contribution in [0.4, 0.5) is 5.82 Å². The van der Waals surface area contributed by atoms with Gasteiger partial charge in [-0.3, -0.25) is 9.36 Å². The number of anilines is 1. The fraction of sp³-hybridized carbons (Fsp3) is 0.208.